The predicted molar refractivity (Wildman–Crippen MR) is 94.2 cm³/mol. The first kappa shape index (κ1) is 17.4. The number of anilines is 2. The topological polar surface area (TPSA) is 68.2 Å². The molecule has 26 heavy (non-hydrogen) atoms. The van der Waals surface area contributed by atoms with Crippen molar-refractivity contribution in [3.8, 4) is 17.0 Å². The first-order chi connectivity index (χ1) is 12.5. The average molecular weight is 358 g/mol. The number of halogens is 2. The fraction of sp³-hybridized carbons (Fsp3) is 0.111. The van der Waals surface area contributed by atoms with Gasteiger partial charge < -0.3 is 15.4 Å². The molecule has 2 N–H and O–H groups in total. The van der Waals surface area contributed by atoms with Crippen molar-refractivity contribution in [2.45, 2.75) is 0 Å². The smallest absolute Gasteiger partial charge is 0.323 e. The van der Waals surface area contributed by atoms with Crippen molar-refractivity contribution in [1.82, 2.24) is 9.78 Å². The molecular weight excluding hydrogens is 342 g/mol. The van der Waals surface area contributed by atoms with Crippen LogP contribution in [0.3, 0.4) is 0 Å². The van der Waals surface area contributed by atoms with Crippen molar-refractivity contribution in [2.24, 2.45) is 7.05 Å². The van der Waals surface area contributed by atoms with Gasteiger partial charge in [-0.25, -0.2) is 13.6 Å². The lowest BCUT2D eigenvalue weighted by Crippen LogP contribution is -2.19. The highest BCUT2D eigenvalue weighted by Crippen LogP contribution is 2.33. The number of aromatic nitrogens is 2. The number of carbonyl (C=O) groups is 1. The molecule has 0 aliphatic heterocycles. The van der Waals surface area contributed by atoms with Crippen LogP contribution in [0, 0.1) is 11.6 Å². The number of aryl methyl sites for hydroxylation is 1. The van der Waals surface area contributed by atoms with Crippen LogP contribution in [0.4, 0.5) is 25.0 Å². The standard InChI is InChI=1S/C18H16F2N4O2/c1-24-17(15(20)10-21-24)14-9-13(7-8-16(14)26-2)23-18(25)22-12-5-3-11(19)4-6-12/h3-10H,1-2H3,(H2,22,23,25). The summed E-state index contributed by atoms with van der Waals surface area (Å²) in [7, 11) is 3.08. The summed E-state index contributed by atoms with van der Waals surface area (Å²) >= 11 is 0. The third kappa shape index (κ3) is 3.64. The van der Waals surface area contributed by atoms with E-state index in [0.29, 0.717) is 22.7 Å². The molecule has 0 saturated heterocycles. The molecule has 8 heteroatoms. The maximum absolute atomic E-state index is 14.1. The van der Waals surface area contributed by atoms with E-state index in [2.05, 4.69) is 15.7 Å². The molecule has 0 saturated carbocycles. The summed E-state index contributed by atoms with van der Waals surface area (Å²) in [5.74, 6) is -0.454. The number of benzene rings is 2. The van der Waals surface area contributed by atoms with Crippen LogP contribution in [0.5, 0.6) is 5.75 Å². The molecule has 134 valence electrons. The van der Waals surface area contributed by atoms with Crippen LogP contribution in [0.2, 0.25) is 0 Å². The number of urea groups is 1. The van der Waals surface area contributed by atoms with Crippen LogP contribution in [0.1, 0.15) is 0 Å². The van der Waals surface area contributed by atoms with Crippen LogP contribution in [-0.4, -0.2) is 22.9 Å². The minimum Gasteiger partial charge on any atom is -0.496 e. The zero-order chi connectivity index (χ0) is 18.7. The number of nitrogens with zero attached hydrogens (tertiary/aromatic N) is 2. The van der Waals surface area contributed by atoms with Gasteiger partial charge in [0.2, 0.25) is 0 Å². The summed E-state index contributed by atoms with van der Waals surface area (Å²) in [5, 5.41) is 9.11. The third-order valence-electron chi connectivity index (χ3n) is 3.71. The van der Waals surface area contributed by atoms with Crippen molar-refractivity contribution in [3.05, 3.63) is 60.3 Å². The van der Waals surface area contributed by atoms with Crippen molar-refractivity contribution in [1.29, 1.82) is 0 Å². The molecule has 3 aromatic rings. The first-order valence-corrected chi connectivity index (χ1v) is 7.67. The van der Waals surface area contributed by atoms with E-state index in [0.717, 1.165) is 6.20 Å². The Balaban J connectivity index is 1.83. The van der Waals surface area contributed by atoms with Gasteiger partial charge in [0, 0.05) is 24.0 Å². The van der Waals surface area contributed by atoms with Crippen LogP contribution in [-0.2, 0) is 7.05 Å². The summed E-state index contributed by atoms with van der Waals surface area (Å²) < 4.78 is 33.6. The molecule has 1 heterocycles. The molecule has 0 radical (unpaired) electrons. The zero-order valence-electron chi connectivity index (χ0n) is 14.1. The fourth-order valence-electron chi connectivity index (χ4n) is 2.51. The van der Waals surface area contributed by atoms with Gasteiger partial charge in [-0.3, -0.25) is 4.68 Å². The highest BCUT2D eigenvalue weighted by Gasteiger charge is 2.16. The Bertz CT molecular complexity index is 919. The van der Waals surface area contributed by atoms with Gasteiger partial charge >= 0.3 is 6.03 Å². The van der Waals surface area contributed by atoms with E-state index >= 15 is 0 Å². The second kappa shape index (κ2) is 7.22. The highest BCUT2D eigenvalue weighted by atomic mass is 19.1. The summed E-state index contributed by atoms with van der Waals surface area (Å²) in [6.45, 7) is 0. The van der Waals surface area contributed by atoms with Gasteiger partial charge in [0.1, 0.15) is 17.3 Å². The summed E-state index contributed by atoms with van der Waals surface area (Å²) in [5.41, 5.74) is 1.56. The molecule has 2 amide bonds. The molecule has 0 fully saturated rings. The summed E-state index contributed by atoms with van der Waals surface area (Å²) in [6, 6.07) is 9.69. The van der Waals surface area contributed by atoms with Gasteiger partial charge in [-0.15, -0.1) is 0 Å². The lowest BCUT2D eigenvalue weighted by atomic mass is 10.1. The molecule has 0 aliphatic carbocycles. The molecule has 0 spiro atoms. The van der Waals surface area contributed by atoms with Crippen molar-refractivity contribution >= 4 is 17.4 Å². The van der Waals surface area contributed by atoms with Crippen LogP contribution < -0.4 is 15.4 Å². The van der Waals surface area contributed by atoms with Gasteiger partial charge in [0.15, 0.2) is 5.82 Å². The Morgan fingerprint density at radius 3 is 2.35 bits per heavy atom. The SMILES string of the molecule is COc1ccc(NC(=O)Nc2ccc(F)cc2)cc1-c1c(F)cnn1C. The van der Waals surface area contributed by atoms with Gasteiger partial charge in [-0.1, -0.05) is 0 Å². The first-order valence-electron chi connectivity index (χ1n) is 7.67. The molecule has 1 aromatic heterocycles. The van der Waals surface area contributed by atoms with Gasteiger partial charge in [0.25, 0.3) is 0 Å². The summed E-state index contributed by atoms with van der Waals surface area (Å²) in [4.78, 5) is 12.1. The van der Waals surface area contributed by atoms with Crippen LogP contribution >= 0.6 is 0 Å². The van der Waals surface area contributed by atoms with E-state index in [1.165, 1.54) is 36.1 Å². The molecule has 0 unspecified atom stereocenters. The molecular formula is C18H16F2N4O2. The second-order valence-electron chi connectivity index (χ2n) is 5.47. The zero-order valence-corrected chi connectivity index (χ0v) is 14.1. The predicted octanol–water partition coefficient (Wildman–Crippen LogP) is 4.02. The second-order valence-corrected chi connectivity index (χ2v) is 5.47. The maximum atomic E-state index is 14.1. The molecule has 3 rings (SSSR count). The number of nitrogens with one attached hydrogen (secondary N) is 2. The Kier molecular flexibility index (Phi) is 4.83. The third-order valence-corrected chi connectivity index (χ3v) is 3.71. The summed E-state index contributed by atoms with van der Waals surface area (Å²) in [6.07, 6.45) is 1.11. The molecule has 0 atom stereocenters. The van der Waals surface area contributed by atoms with Gasteiger partial charge in [0.05, 0.1) is 13.3 Å². The number of hydrogen-bond donors (Lipinski definition) is 2. The van der Waals surface area contributed by atoms with Crippen LogP contribution in [0.25, 0.3) is 11.3 Å². The largest absolute Gasteiger partial charge is 0.496 e. The van der Waals surface area contributed by atoms with E-state index in [-0.39, 0.29) is 5.69 Å². The normalized spacial score (nSPS) is 10.5. The molecule has 2 aromatic carbocycles. The molecule has 0 aliphatic rings. The number of ether oxygens (including phenoxy) is 1. The van der Waals surface area contributed by atoms with E-state index in [9.17, 15) is 13.6 Å². The average Bonchev–Trinajstić information content (AvgIpc) is 2.95. The fourth-order valence-corrected chi connectivity index (χ4v) is 2.51. The minimum absolute atomic E-state index is 0.240. The van der Waals surface area contributed by atoms with E-state index in [1.54, 1.807) is 25.2 Å². The van der Waals surface area contributed by atoms with Crippen molar-refractivity contribution in [3.63, 3.8) is 0 Å². The Labute approximate surface area is 148 Å². The number of carbonyl (C=O) groups excluding carboxylic acids is 1. The van der Waals surface area contributed by atoms with E-state index in [4.69, 9.17) is 4.74 Å². The van der Waals surface area contributed by atoms with Crippen molar-refractivity contribution in [2.75, 3.05) is 17.7 Å². The lowest BCUT2D eigenvalue weighted by Gasteiger charge is -2.13. The van der Waals surface area contributed by atoms with Crippen molar-refractivity contribution < 1.29 is 18.3 Å². The Morgan fingerprint density at radius 2 is 1.73 bits per heavy atom. The minimum atomic E-state index is -0.516. The Hall–Kier alpha value is -3.42. The number of rotatable bonds is 4. The van der Waals surface area contributed by atoms with E-state index in [1.807, 2.05) is 0 Å². The number of hydrogen-bond acceptors (Lipinski definition) is 3. The van der Waals surface area contributed by atoms with Crippen LogP contribution in [0.15, 0.2) is 48.7 Å². The number of methoxy groups -OCH3 is 1. The van der Waals surface area contributed by atoms with E-state index < -0.39 is 17.7 Å². The lowest BCUT2D eigenvalue weighted by molar-refractivity contribution is 0.262. The quantitative estimate of drug-likeness (QED) is 0.740. The Morgan fingerprint density at radius 1 is 1.08 bits per heavy atom. The number of amides is 2. The molecule has 0 bridgehead atoms. The maximum Gasteiger partial charge on any atom is 0.323 e. The highest BCUT2D eigenvalue weighted by molar-refractivity contribution is 6.00. The monoisotopic (exact) mass is 358 g/mol. The van der Waals surface area contributed by atoms with Gasteiger partial charge in [-0.05, 0) is 42.5 Å². The molecule has 6 nitrogen and oxygen atoms in total. The van der Waals surface area contributed by atoms with Gasteiger partial charge in [-0.2, -0.15) is 5.10 Å².